The van der Waals surface area contributed by atoms with Gasteiger partial charge in [0.05, 0.1) is 23.1 Å². The largest absolute Gasteiger partial charge is 0.490 e. The molecule has 34 heavy (non-hydrogen) atoms. The molecule has 2 fully saturated rings. The predicted molar refractivity (Wildman–Crippen MR) is 137 cm³/mol. The lowest BCUT2D eigenvalue weighted by atomic mass is 9.75. The molecule has 2 aliphatic carbocycles. The monoisotopic (exact) mass is 467 g/mol. The molecule has 0 aliphatic heterocycles. The summed E-state index contributed by atoms with van der Waals surface area (Å²) >= 11 is 0. The molecule has 0 radical (unpaired) electrons. The van der Waals surface area contributed by atoms with E-state index in [0.29, 0.717) is 23.4 Å². The highest BCUT2D eigenvalue weighted by Gasteiger charge is 2.32. The number of amides is 1. The van der Waals surface area contributed by atoms with Crippen LogP contribution in [-0.4, -0.2) is 35.7 Å². The Kier molecular flexibility index (Phi) is 7.97. The molecule has 2 aliphatic rings. The number of nitrogen functional groups attached to an aromatic ring is 1. The Bertz CT molecular complexity index is 984. The number of carbonyl (C=O) groups is 1. The molecule has 0 saturated heterocycles. The molecule has 2 aromatic rings. The molecule has 0 bridgehead atoms. The summed E-state index contributed by atoms with van der Waals surface area (Å²) in [6, 6.07) is 7.98. The fourth-order valence-corrected chi connectivity index (χ4v) is 5.78. The summed E-state index contributed by atoms with van der Waals surface area (Å²) in [5.74, 6) is 2.62. The molecule has 6 heteroatoms. The molecule has 4 rings (SSSR count). The number of ether oxygens (including phenoxy) is 2. The van der Waals surface area contributed by atoms with Gasteiger partial charge in [0.15, 0.2) is 0 Å². The Hall–Kier alpha value is -2.34. The average Bonchev–Trinajstić information content (AvgIpc) is 2.78. The van der Waals surface area contributed by atoms with Crippen LogP contribution in [0.2, 0.25) is 0 Å². The van der Waals surface area contributed by atoms with Crippen LogP contribution in [0.25, 0.3) is 10.9 Å². The minimum absolute atomic E-state index is 0.00775. The third-order valence-electron chi connectivity index (χ3n) is 7.68. The molecule has 1 aromatic carbocycles. The first-order valence-electron chi connectivity index (χ1n) is 13.0. The van der Waals surface area contributed by atoms with E-state index < -0.39 is 0 Å². The van der Waals surface area contributed by atoms with Crippen molar-refractivity contribution in [2.45, 2.75) is 90.9 Å². The number of nitrogens with one attached hydrogen (secondary N) is 1. The normalized spacial score (nSPS) is 27.6. The zero-order valence-corrected chi connectivity index (χ0v) is 21.2. The molecule has 3 atom stereocenters. The number of carbonyl (C=O) groups excluding carboxylic acids is 1. The highest BCUT2D eigenvalue weighted by molar-refractivity contribution is 5.95. The number of hydrogen-bond donors (Lipinski definition) is 2. The van der Waals surface area contributed by atoms with Crippen molar-refractivity contribution >= 4 is 22.5 Å². The second kappa shape index (κ2) is 10.9. The number of nitrogens with zero attached hydrogens (tertiary/aromatic N) is 1. The van der Waals surface area contributed by atoms with E-state index in [1.807, 2.05) is 31.2 Å². The van der Waals surface area contributed by atoms with Crippen LogP contribution in [0.5, 0.6) is 5.75 Å². The predicted octanol–water partition coefficient (Wildman–Crippen LogP) is 5.41. The first kappa shape index (κ1) is 24.8. The van der Waals surface area contributed by atoms with E-state index in [0.717, 1.165) is 54.5 Å². The lowest BCUT2D eigenvalue weighted by Crippen LogP contribution is -2.43. The minimum Gasteiger partial charge on any atom is -0.490 e. The Morgan fingerprint density at radius 2 is 1.94 bits per heavy atom. The first-order valence-corrected chi connectivity index (χ1v) is 13.0. The second-order valence-electron chi connectivity index (χ2n) is 10.8. The maximum atomic E-state index is 12.6. The van der Waals surface area contributed by atoms with Crippen molar-refractivity contribution in [3.8, 4) is 5.75 Å². The first-order chi connectivity index (χ1) is 16.3. The fraction of sp³-hybridized carbons (Fsp3) is 0.643. The van der Waals surface area contributed by atoms with Crippen LogP contribution >= 0.6 is 0 Å². The lowest BCUT2D eigenvalue weighted by molar-refractivity contribution is -0.132. The van der Waals surface area contributed by atoms with Crippen molar-refractivity contribution in [2.24, 2.45) is 17.8 Å². The van der Waals surface area contributed by atoms with E-state index in [1.165, 1.54) is 12.8 Å². The second-order valence-corrected chi connectivity index (χ2v) is 10.8. The number of fused-ring (bicyclic) bond motifs is 1. The average molecular weight is 468 g/mol. The van der Waals surface area contributed by atoms with E-state index in [1.54, 1.807) is 0 Å². The molecular weight excluding hydrogens is 426 g/mol. The Labute approximate surface area is 204 Å². The quantitative estimate of drug-likeness (QED) is 0.569. The van der Waals surface area contributed by atoms with Crippen LogP contribution in [0.1, 0.15) is 71.4 Å². The summed E-state index contributed by atoms with van der Waals surface area (Å²) < 4.78 is 12.5. The summed E-state index contributed by atoms with van der Waals surface area (Å²) in [5, 5.41) is 4.08. The molecular formula is C28H41N3O3. The summed E-state index contributed by atoms with van der Waals surface area (Å²) in [5.41, 5.74) is 8.74. The summed E-state index contributed by atoms with van der Waals surface area (Å²) in [6.07, 6.45) is 7.46. The molecule has 6 nitrogen and oxygen atoms in total. The third-order valence-corrected chi connectivity index (χ3v) is 7.68. The van der Waals surface area contributed by atoms with Crippen molar-refractivity contribution < 1.29 is 14.3 Å². The standard InChI is InChI=1S/C28H41N3O3/c1-17(2)22-13-8-18(3)14-26(22)33-16-27(32)31-20-9-11-21(12-10-20)34-25-7-5-6-24-28(25)23(29)15-19(4)30-24/h5-7,15,17-18,20-22,26H,8-14,16H2,1-4H3,(H2,29,30)(H,31,32)/t18-,20?,21?,22+,26-/m1/s1. The fourth-order valence-electron chi connectivity index (χ4n) is 5.78. The molecule has 1 amide bonds. The van der Waals surface area contributed by atoms with E-state index >= 15 is 0 Å². The number of rotatable bonds is 7. The Balaban J connectivity index is 1.25. The minimum atomic E-state index is 0.00775. The van der Waals surface area contributed by atoms with E-state index in [2.05, 4.69) is 31.1 Å². The zero-order valence-electron chi connectivity index (χ0n) is 21.2. The van der Waals surface area contributed by atoms with Crippen LogP contribution in [0.15, 0.2) is 24.3 Å². The molecule has 186 valence electrons. The van der Waals surface area contributed by atoms with Gasteiger partial charge in [0.2, 0.25) is 5.91 Å². The van der Waals surface area contributed by atoms with Crippen LogP contribution in [0.3, 0.4) is 0 Å². The van der Waals surface area contributed by atoms with Gasteiger partial charge in [-0.15, -0.1) is 0 Å². The van der Waals surface area contributed by atoms with E-state index in [-0.39, 0.29) is 30.8 Å². The lowest BCUT2D eigenvalue weighted by Gasteiger charge is -2.37. The maximum Gasteiger partial charge on any atom is 0.246 e. The van der Waals surface area contributed by atoms with Gasteiger partial charge >= 0.3 is 0 Å². The van der Waals surface area contributed by atoms with Gasteiger partial charge in [-0.25, -0.2) is 0 Å². The van der Waals surface area contributed by atoms with Gasteiger partial charge in [-0.3, -0.25) is 9.78 Å². The van der Waals surface area contributed by atoms with Crippen molar-refractivity contribution in [3.05, 3.63) is 30.0 Å². The number of aryl methyl sites for hydroxylation is 1. The summed E-state index contributed by atoms with van der Waals surface area (Å²) in [6.45, 7) is 8.93. The van der Waals surface area contributed by atoms with E-state index in [9.17, 15) is 4.79 Å². The van der Waals surface area contributed by atoms with Crippen molar-refractivity contribution in [3.63, 3.8) is 0 Å². The Morgan fingerprint density at radius 3 is 2.68 bits per heavy atom. The van der Waals surface area contributed by atoms with Crippen LogP contribution in [-0.2, 0) is 9.53 Å². The van der Waals surface area contributed by atoms with Crippen LogP contribution < -0.4 is 15.8 Å². The molecule has 3 N–H and O–H groups in total. The molecule has 2 saturated carbocycles. The van der Waals surface area contributed by atoms with E-state index in [4.69, 9.17) is 15.2 Å². The summed E-state index contributed by atoms with van der Waals surface area (Å²) in [7, 11) is 0. The van der Waals surface area contributed by atoms with Gasteiger partial charge in [-0.1, -0.05) is 33.3 Å². The highest BCUT2D eigenvalue weighted by Crippen LogP contribution is 2.35. The number of pyridine rings is 1. The van der Waals surface area contributed by atoms with Gasteiger partial charge in [0, 0.05) is 17.4 Å². The zero-order chi connectivity index (χ0) is 24.2. The number of benzene rings is 1. The number of anilines is 1. The molecule has 0 unspecified atom stereocenters. The van der Waals surface area contributed by atoms with Gasteiger partial charge < -0.3 is 20.5 Å². The molecule has 0 spiro atoms. The van der Waals surface area contributed by atoms with Crippen molar-refractivity contribution in [1.29, 1.82) is 0 Å². The molecule has 1 heterocycles. The highest BCUT2D eigenvalue weighted by atomic mass is 16.5. The Morgan fingerprint density at radius 1 is 1.18 bits per heavy atom. The van der Waals surface area contributed by atoms with Crippen LogP contribution in [0, 0.1) is 24.7 Å². The van der Waals surface area contributed by atoms with Gasteiger partial charge in [0.1, 0.15) is 12.4 Å². The number of nitrogens with two attached hydrogens (primary N) is 1. The summed E-state index contributed by atoms with van der Waals surface area (Å²) in [4.78, 5) is 17.2. The molecule has 1 aromatic heterocycles. The third kappa shape index (κ3) is 6.01. The van der Waals surface area contributed by atoms with Crippen LogP contribution in [0.4, 0.5) is 5.69 Å². The topological polar surface area (TPSA) is 86.5 Å². The van der Waals surface area contributed by atoms with Crippen molar-refractivity contribution in [2.75, 3.05) is 12.3 Å². The smallest absolute Gasteiger partial charge is 0.246 e. The van der Waals surface area contributed by atoms with Gasteiger partial charge in [-0.05, 0) is 81.4 Å². The van der Waals surface area contributed by atoms with Gasteiger partial charge in [0.25, 0.3) is 0 Å². The number of hydrogen-bond acceptors (Lipinski definition) is 5. The van der Waals surface area contributed by atoms with Crippen molar-refractivity contribution in [1.82, 2.24) is 10.3 Å². The maximum absolute atomic E-state index is 12.6. The van der Waals surface area contributed by atoms with Gasteiger partial charge in [-0.2, -0.15) is 0 Å². The number of aromatic nitrogens is 1. The SMILES string of the molecule is Cc1cc(N)c2c(OC3CCC(NC(=O)CO[C@@H]4C[C@H](C)CC[C@H]4C(C)C)CC3)cccc2n1.